The fourth-order valence-corrected chi connectivity index (χ4v) is 4.36. The van der Waals surface area contributed by atoms with Crippen LogP contribution in [0.3, 0.4) is 0 Å². The van der Waals surface area contributed by atoms with E-state index in [4.69, 9.17) is 11.6 Å². The molecule has 1 aliphatic carbocycles. The van der Waals surface area contributed by atoms with E-state index in [1.54, 1.807) is 4.90 Å². The average molecular weight is 441 g/mol. The molecule has 2 amide bonds. The molecule has 31 heavy (non-hydrogen) atoms. The maximum atomic E-state index is 13.2. The molecule has 1 aliphatic rings. The first-order valence-corrected chi connectivity index (χ1v) is 11.8. The van der Waals surface area contributed by atoms with Gasteiger partial charge in [-0.05, 0) is 61.4 Å². The molecule has 0 aromatic heterocycles. The molecule has 0 spiro atoms. The molecule has 1 saturated carbocycles. The molecule has 3 rings (SSSR count). The van der Waals surface area contributed by atoms with Crippen LogP contribution in [0.2, 0.25) is 5.02 Å². The second-order valence-corrected chi connectivity index (χ2v) is 8.92. The summed E-state index contributed by atoms with van der Waals surface area (Å²) in [6.45, 7) is 4.32. The minimum atomic E-state index is -0.533. The minimum Gasteiger partial charge on any atom is -0.352 e. The number of carbonyl (C=O) groups is 2. The van der Waals surface area contributed by atoms with Gasteiger partial charge in [-0.3, -0.25) is 9.59 Å². The maximum Gasteiger partial charge on any atom is 0.242 e. The highest BCUT2D eigenvalue weighted by Gasteiger charge is 2.28. The smallest absolute Gasteiger partial charge is 0.242 e. The lowest BCUT2D eigenvalue weighted by Crippen LogP contribution is -2.49. The molecule has 0 radical (unpaired) electrons. The van der Waals surface area contributed by atoms with Crippen molar-refractivity contribution >= 4 is 23.4 Å². The van der Waals surface area contributed by atoms with E-state index in [9.17, 15) is 9.59 Å². The highest BCUT2D eigenvalue weighted by Crippen LogP contribution is 2.20. The van der Waals surface area contributed by atoms with Crippen molar-refractivity contribution in [3.8, 4) is 0 Å². The van der Waals surface area contributed by atoms with E-state index < -0.39 is 6.04 Å². The van der Waals surface area contributed by atoms with Crippen molar-refractivity contribution in [2.24, 2.45) is 0 Å². The van der Waals surface area contributed by atoms with Crippen LogP contribution >= 0.6 is 11.6 Å². The molecule has 0 bridgehead atoms. The Hall–Kier alpha value is -2.33. The Balaban J connectivity index is 1.69. The van der Waals surface area contributed by atoms with Crippen molar-refractivity contribution in [2.45, 2.75) is 77.4 Å². The largest absolute Gasteiger partial charge is 0.352 e. The van der Waals surface area contributed by atoms with Crippen LogP contribution in [0, 0.1) is 0 Å². The topological polar surface area (TPSA) is 49.4 Å². The van der Waals surface area contributed by atoms with Crippen LogP contribution in [0.25, 0.3) is 0 Å². The third-order valence-corrected chi connectivity index (χ3v) is 6.40. The first kappa shape index (κ1) is 23.3. The molecular formula is C26H33ClN2O2. The van der Waals surface area contributed by atoms with Gasteiger partial charge in [0, 0.05) is 24.0 Å². The summed E-state index contributed by atoms with van der Waals surface area (Å²) in [5.41, 5.74) is 3.35. The maximum absolute atomic E-state index is 13.2. The molecule has 166 valence electrons. The zero-order chi connectivity index (χ0) is 22.2. The number of nitrogens with zero attached hydrogens (tertiary/aromatic N) is 1. The Morgan fingerprint density at radius 1 is 1.06 bits per heavy atom. The Morgan fingerprint density at radius 2 is 1.74 bits per heavy atom. The Kier molecular flexibility index (Phi) is 8.53. The summed E-state index contributed by atoms with van der Waals surface area (Å²) in [6.07, 6.45) is 6.38. The van der Waals surface area contributed by atoms with Crippen LogP contribution in [-0.2, 0) is 29.0 Å². The number of nitrogens with one attached hydrogen (secondary N) is 1. The zero-order valence-electron chi connectivity index (χ0n) is 18.6. The average Bonchev–Trinajstić information content (AvgIpc) is 3.28. The van der Waals surface area contributed by atoms with Gasteiger partial charge < -0.3 is 10.2 Å². The molecule has 1 N–H and O–H groups in total. The van der Waals surface area contributed by atoms with Crippen molar-refractivity contribution in [3.63, 3.8) is 0 Å². The fraction of sp³-hybridized carbons (Fsp3) is 0.462. The number of halogens is 1. The molecule has 1 fully saturated rings. The minimum absolute atomic E-state index is 0.0198. The third-order valence-electron chi connectivity index (χ3n) is 6.17. The standard InChI is InChI=1S/C26H33ClN2O2/c1-3-20-11-13-21(14-12-20)15-16-25(30)29(18-22-7-6-8-23(27)17-22)19(2)26(31)28-24-9-4-5-10-24/h6-8,11-14,17,19,24H,3-5,9-10,15-16,18H2,1-2H3,(H,28,31). The van der Waals surface area contributed by atoms with E-state index in [1.165, 1.54) is 5.56 Å². The number of aryl methyl sites for hydroxylation is 2. The fourth-order valence-electron chi connectivity index (χ4n) is 4.14. The van der Waals surface area contributed by atoms with Gasteiger partial charge in [0.2, 0.25) is 11.8 Å². The van der Waals surface area contributed by atoms with E-state index in [0.717, 1.165) is 43.2 Å². The van der Waals surface area contributed by atoms with Crippen molar-refractivity contribution < 1.29 is 9.59 Å². The quantitative estimate of drug-likeness (QED) is 0.574. The molecule has 0 saturated heterocycles. The normalized spacial score (nSPS) is 14.9. The van der Waals surface area contributed by atoms with Gasteiger partial charge in [-0.25, -0.2) is 0 Å². The van der Waals surface area contributed by atoms with E-state index in [0.29, 0.717) is 24.4 Å². The van der Waals surface area contributed by atoms with Gasteiger partial charge in [0.1, 0.15) is 6.04 Å². The van der Waals surface area contributed by atoms with Gasteiger partial charge in [-0.1, -0.05) is 67.8 Å². The number of benzene rings is 2. The summed E-state index contributed by atoms with van der Waals surface area (Å²) in [7, 11) is 0. The van der Waals surface area contributed by atoms with Crippen molar-refractivity contribution in [1.82, 2.24) is 10.2 Å². The van der Waals surface area contributed by atoms with Crippen molar-refractivity contribution in [1.29, 1.82) is 0 Å². The Morgan fingerprint density at radius 3 is 2.39 bits per heavy atom. The predicted octanol–water partition coefficient (Wildman–Crippen LogP) is 5.31. The first-order chi connectivity index (χ1) is 15.0. The molecule has 2 aromatic rings. The molecular weight excluding hydrogens is 408 g/mol. The van der Waals surface area contributed by atoms with Crippen LogP contribution < -0.4 is 5.32 Å². The molecule has 5 heteroatoms. The first-order valence-electron chi connectivity index (χ1n) is 11.4. The number of hydrogen-bond acceptors (Lipinski definition) is 2. The number of rotatable bonds is 9. The van der Waals surface area contributed by atoms with Crippen LogP contribution in [0.5, 0.6) is 0 Å². The summed E-state index contributed by atoms with van der Waals surface area (Å²) >= 11 is 6.15. The summed E-state index contributed by atoms with van der Waals surface area (Å²) in [4.78, 5) is 27.8. The molecule has 2 aromatic carbocycles. The second kappa shape index (κ2) is 11.3. The molecule has 0 aliphatic heterocycles. The summed E-state index contributed by atoms with van der Waals surface area (Å²) < 4.78 is 0. The SMILES string of the molecule is CCc1ccc(CCC(=O)N(Cc2cccc(Cl)c2)C(C)C(=O)NC2CCCC2)cc1. The lowest BCUT2D eigenvalue weighted by Gasteiger charge is -2.30. The lowest BCUT2D eigenvalue weighted by atomic mass is 10.0. The van der Waals surface area contributed by atoms with Crippen LogP contribution in [0.4, 0.5) is 0 Å². The van der Waals surface area contributed by atoms with E-state index in [2.05, 4.69) is 36.5 Å². The Bertz CT molecular complexity index is 875. The predicted molar refractivity (Wildman–Crippen MR) is 126 cm³/mol. The molecule has 1 unspecified atom stereocenters. The van der Waals surface area contributed by atoms with E-state index in [-0.39, 0.29) is 17.9 Å². The molecule has 0 heterocycles. The van der Waals surface area contributed by atoms with Gasteiger partial charge in [-0.2, -0.15) is 0 Å². The van der Waals surface area contributed by atoms with E-state index >= 15 is 0 Å². The zero-order valence-corrected chi connectivity index (χ0v) is 19.3. The molecule has 1 atom stereocenters. The van der Waals surface area contributed by atoms with Crippen LogP contribution in [-0.4, -0.2) is 28.8 Å². The summed E-state index contributed by atoms with van der Waals surface area (Å²) in [5.74, 6) is -0.0943. The van der Waals surface area contributed by atoms with Gasteiger partial charge in [0.05, 0.1) is 0 Å². The summed E-state index contributed by atoms with van der Waals surface area (Å²) in [6, 6.07) is 15.6. The second-order valence-electron chi connectivity index (χ2n) is 8.49. The van der Waals surface area contributed by atoms with Crippen LogP contribution in [0.15, 0.2) is 48.5 Å². The highest BCUT2D eigenvalue weighted by atomic mass is 35.5. The monoisotopic (exact) mass is 440 g/mol. The third kappa shape index (κ3) is 6.83. The number of carbonyl (C=O) groups excluding carboxylic acids is 2. The summed E-state index contributed by atoms with van der Waals surface area (Å²) in [5, 5.41) is 3.77. The molecule has 4 nitrogen and oxygen atoms in total. The lowest BCUT2D eigenvalue weighted by molar-refractivity contribution is -0.140. The van der Waals surface area contributed by atoms with Crippen LogP contribution in [0.1, 0.15) is 62.6 Å². The Labute approximate surface area is 191 Å². The van der Waals surface area contributed by atoms with Crippen molar-refractivity contribution in [2.75, 3.05) is 0 Å². The number of hydrogen-bond donors (Lipinski definition) is 1. The van der Waals surface area contributed by atoms with Gasteiger partial charge >= 0.3 is 0 Å². The number of amides is 2. The van der Waals surface area contributed by atoms with Gasteiger partial charge in [0.25, 0.3) is 0 Å². The van der Waals surface area contributed by atoms with Gasteiger partial charge in [0.15, 0.2) is 0 Å². The van der Waals surface area contributed by atoms with Crippen molar-refractivity contribution in [3.05, 3.63) is 70.2 Å². The van der Waals surface area contributed by atoms with E-state index in [1.807, 2.05) is 31.2 Å². The van der Waals surface area contributed by atoms with Gasteiger partial charge in [-0.15, -0.1) is 0 Å². The highest BCUT2D eigenvalue weighted by molar-refractivity contribution is 6.30.